The molecule has 0 spiro atoms. The SMILES string of the molecule is C/C(=N\c1c(C)cc(C)cc1Cl)c1cccc(C2=Nc3c(C(C)C)cccc3C(C)C2)n1. The monoisotopic (exact) mass is 443 g/mol. The van der Waals surface area contributed by atoms with Crippen molar-refractivity contribution in [3.63, 3.8) is 0 Å². The summed E-state index contributed by atoms with van der Waals surface area (Å²) in [6.45, 7) is 12.8. The van der Waals surface area contributed by atoms with Gasteiger partial charge in [0.05, 0.1) is 39.2 Å². The van der Waals surface area contributed by atoms with Gasteiger partial charge in [-0.1, -0.05) is 62.7 Å². The van der Waals surface area contributed by atoms with Gasteiger partial charge < -0.3 is 0 Å². The molecule has 2 heterocycles. The van der Waals surface area contributed by atoms with E-state index in [1.165, 1.54) is 11.1 Å². The van der Waals surface area contributed by atoms with Gasteiger partial charge in [0.15, 0.2) is 0 Å². The number of nitrogens with zero attached hydrogens (tertiary/aromatic N) is 3. The molecule has 0 saturated heterocycles. The minimum Gasteiger partial charge on any atom is -0.251 e. The summed E-state index contributed by atoms with van der Waals surface area (Å²) in [7, 11) is 0. The molecule has 0 bridgehead atoms. The number of hydrogen-bond acceptors (Lipinski definition) is 3. The lowest BCUT2D eigenvalue weighted by molar-refractivity contribution is 0.777. The fourth-order valence-corrected chi connectivity index (χ4v) is 4.75. The Labute approximate surface area is 196 Å². The summed E-state index contributed by atoms with van der Waals surface area (Å²) >= 11 is 6.48. The second kappa shape index (κ2) is 8.99. The van der Waals surface area contributed by atoms with Crippen LogP contribution in [0.3, 0.4) is 0 Å². The number of rotatable bonds is 4. The van der Waals surface area contributed by atoms with Crippen molar-refractivity contribution in [1.82, 2.24) is 4.98 Å². The van der Waals surface area contributed by atoms with Crippen molar-refractivity contribution >= 4 is 34.4 Å². The third-order valence-corrected chi connectivity index (χ3v) is 6.38. The van der Waals surface area contributed by atoms with Crippen molar-refractivity contribution in [3.05, 3.63) is 87.2 Å². The summed E-state index contributed by atoms with van der Waals surface area (Å²) in [5.41, 5.74) is 10.4. The van der Waals surface area contributed by atoms with Crippen molar-refractivity contribution in [3.8, 4) is 0 Å². The lowest BCUT2D eigenvalue weighted by Crippen LogP contribution is -2.15. The second-order valence-electron chi connectivity index (χ2n) is 9.12. The van der Waals surface area contributed by atoms with Gasteiger partial charge in [0.1, 0.15) is 0 Å². The zero-order valence-corrected chi connectivity index (χ0v) is 20.5. The number of aliphatic imine (C=N–C) groups is 2. The lowest BCUT2D eigenvalue weighted by atomic mass is 9.86. The number of para-hydroxylation sites is 1. The lowest BCUT2D eigenvalue weighted by Gasteiger charge is -2.24. The van der Waals surface area contributed by atoms with Crippen LogP contribution in [0.2, 0.25) is 5.02 Å². The van der Waals surface area contributed by atoms with Crippen LogP contribution in [0.1, 0.15) is 79.6 Å². The molecule has 0 amide bonds. The molecular weight excluding hydrogens is 414 g/mol. The number of hydrogen-bond donors (Lipinski definition) is 0. The maximum absolute atomic E-state index is 6.48. The zero-order valence-electron chi connectivity index (χ0n) is 19.7. The van der Waals surface area contributed by atoms with E-state index in [4.69, 9.17) is 26.6 Å². The molecule has 0 saturated carbocycles. The van der Waals surface area contributed by atoms with Crippen LogP contribution in [0.15, 0.2) is 58.5 Å². The van der Waals surface area contributed by atoms with Gasteiger partial charge in [-0.05, 0) is 79.5 Å². The van der Waals surface area contributed by atoms with Crippen LogP contribution in [0.5, 0.6) is 0 Å². The standard InChI is InChI=1S/C28H30ClN3/c1-16(2)21-9-7-10-22-18(4)15-26(32-28(21)22)25-12-8-11-24(31-25)20(6)30-27-19(5)13-17(3)14-23(27)29/h7-14,16,18H,15H2,1-6H3/b30-20+. The third-order valence-electron chi connectivity index (χ3n) is 6.09. The third kappa shape index (κ3) is 4.40. The van der Waals surface area contributed by atoms with E-state index in [1.807, 2.05) is 39.0 Å². The van der Waals surface area contributed by atoms with E-state index in [0.717, 1.165) is 51.7 Å². The first-order chi connectivity index (χ1) is 15.2. The number of aryl methyl sites for hydroxylation is 2. The molecular formula is C28H30ClN3. The Morgan fingerprint density at radius 1 is 1.09 bits per heavy atom. The van der Waals surface area contributed by atoms with Gasteiger partial charge in [0.2, 0.25) is 0 Å². The van der Waals surface area contributed by atoms with E-state index >= 15 is 0 Å². The molecule has 1 aliphatic heterocycles. The zero-order chi connectivity index (χ0) is 23.0. The van der Waals surface area contributed by atoms with Gasteiger partial charge in [0, 0.05) is 0 Å². The van der Waals surface area contributed by atoms with Crippen molar-refractivity contribution in [1.29, 1.82) is 0 Å². The highest BCUT2D eigenvalue weighted by Gasteiger charge is 2.23. The van der Waals surface area contributed by atoms with E-state index in [2.05, 4.69) is 51.1 Å². The van der Waals surface area contributed by atoms with E-state index in [1.54, 1.807) is 0 Å². The van der Waals surface area contributed by atoms with Crippen molar-refractivity contribution in [2.45, 2.75) is 59.8 Å². The van der Waals surface area contributed by atoms with Gasteiger partial charge in [0.25, 0.3) is 0 Å². The molecule has 32 heavy (non-hydrogen) atoms. The van der Waals surface area contributed by atoms with Crippen molar-refractivity contribution in [2.75, 3.05) is 0 Å². The van der Waals surface area contributed by atoms with E-state index < -0.39 is 0 Å². The van der Waals surface area contributed by atoms with Crippen molar-refractivity contribution in [2.24, 2.45) is 9.98 Å². The molecule has 4 rings (SSSR count). The van der Waals surface area contributed by atoms with Gasteiger partial charge in [-0.3, -0.25) is 4.99 Å². The van der Waals surface area contributed by atoms with Crippen LogP contribution >= 0.6 is 11.6 Å². The van der Waals surface area contributed by atoms with Crippen LogP contribution in [-0.2, 0) is 0 Å². The summed E-state index contributed by atoms with van der Waals surface area (Å²) < 4.78 is 0. The number of fused-ring (bicyclic) bond motifs is 1. The van der Waals surface area contributed by atoms with E-state index in [-0.39, 0.29) is 0 Å². The first-order valence-electron chi connectivity index (χ1n) is 11.2. The maximum atomic E-state index is 6.48. The molecule has 1 aromatic heterocycles. The smallest absolute Gasteiger partial charge is 0.0852 e. The first kappa shape index (κ1) is 22.4. The highest BCUT2D eigenvalue weighted by Crippen LogP contribution is 2.40. The van der Waals surface area contributed by atoms with Crippen LogP contribution in [0.25, 0.3) is 0 Å². The molecule has 1 atom stereocenters. The number of benzene rings is 2. The Hall–Kier alpha value is -2.78. The predicted octanol–water partition coefficient (Wildman–Crippen LogP) is 8.24. The molecule has 0 fully saturated rings. The second-order valence-corrected chi connectivity index (χ2v) is 9.53. The summed E-state index contributed by atoms with van der Waals surface area (Å²) in [4.78, 5) is 14.9. The quantitative estimate of drug-likeness (QED) is 0.374. The molecule has 3 nitrogen and oxygen atoms in total. The molecule has 0 aliphatic carbocycles. The topological polar surface area (TPSA) is 37.6 Å². The molecule has 1 aliphatic rings. The summed E-state index contributed by atoms with van der Waals surface area (Å²) in [6.07, 6.45) is 0.879. The molecule has 3 aromatic rings. The van der Waals surface area contributed by atoms with E-state index in [0.29, 0.717) is 16.9 Å². The maximum Gasteiger partial charge on any atom is 0.0852 e. The molecule has 0 radical (unpaired) electrons. The highest BCUT2D eigenvalue weighted by atomic mass is 35.5. The summed E-state index contributed by atoms with van der Waals surface area (Å²) in [5, 5.41) is 0.668. The van der Waals surface area contributed by atoms with Gasteiger partial charge in [-0.15, -0.1) is 0 Å². The molecule has 4 heteroatoms. The summed E-state index contributed by atoms with van der Waals surface area (Å²) in [6, 6.07) is 16.7. The average Bonchev–Trinajstić information content (AvgIpc) is 2.75. The Morgan fingerprint density at radius 2 is 1.84 bits per heavy atom. The fourth-order valence-electron chi connectivity index (χ4n) is 4.39. The van der Waals surface area contributed by atoms with Crippen LogP contribution in [0.4, 0.5) is 11.4 Å². The van der Waals surface area contributed by atoms with E-state index in [9.17, 15) is 0 Å². The average molecular weight is 444 g/mol. The van der Waals surface area contributed by atoms with Crippen molar-refractivity contribution < 1.29 is 0 Å². The Bertz CT molecular complexity index is 1210. The van der Waals surface area contributed by atoms with Gasteiger partial charge >= 0.3 is 0 Å². The molecule has 1 unspecified atom stereocenters. The Kier molecular flexibility index (Phi) is 6.30. The molecule has 2 aromatic carbocycles. The predicted molar refractivity (Wildman–Crippen MR) is 137 cm³/mol. The van der Waals surface area contributed by atoms with Crippen LogP contribution < -0.4 is 0 Å². The number of halogens is 1. The minimum absolute atomic E-state index is 0.408. The normalized spacial score (nSPS) is 16.2. The highest BCUT2D eigenvalue weighted by molar-refractivity contribution is 6.33. The molecule has 164 valence electrons. The number of pyridine rings is 1. The number of aromatic nitrogens is 1. The Balaban J connectivity index is 1.74. The van der Waals surface area contributed by atoms with Gasteiger partial charge in [-0.25, -0.2) is 9.98 Å². The van der Waals surface area contributed by atoms with Crippen LogP contribution in [-0.4, -0.2) is 16.4 Å². The first-order valence-corrected chi connectivity index (χ1v) is 11.6. The largest absolute Gasteiger partial charge is 0.251 e. The summed E-state index contributed by atoms with van der Waals surface area (Å²) in [5.74, 6) is 0.835. The fraction of sp³-hybridized carbons (Fsp3) is 0.321. The van der Waals surface area contributed by atoms with Crippen LogP contribution in [0, 0.1) is 13.8 Å². The minimum atomic E-state index is 0.408. The molecule has 0 N–H and O–H groups in total. The Morgan fingerprint density at radius 3 is 2.56 bits per heavy atom. The van der Waals surface area contributed by atoms with Gasteiger partial charge in [-0.2, -0.15) is 0 Å².